The molecule has 0 saturated carbocycles. The SMILES string of the molecule is CC(C)CC(CNC(=O)CC1CCSCC1)CC(=O)O. The van der Waals surface area contributed by atoms with E-state index < -0.39 is 5.97 Å². The molecule has 4 nitrogen and oxygen atoms in total. The number of hydrogen-bond acceptors (Lipinski definition) is 3. The monoisotopic (exact) mass is 301 g/mol. The highest BCUT2D eigenvalue weighted by molar-refractivity contribution is 7.99. The molecule has 116 valence electrons. The molecule has 1 unspecified atom stereocenters. The van der Waals surface area contributed by atoms with Crippen molar-refractivity contribution in [3.63, 3.8) is 0 Å². The van der Waals surface area contributed by atoms with Crippen molar-refractivity contribution in [1.82, 2.24) is 5.32 Å². The number of carbonyl (C=O) groups is 2. The Balaban J connectivity index is 2.29. The molecular formula is C15H27NO3S. The van der Waals surface area contributed by atoms with Gasteiger partial charge in [-0.2, -0.15) is 11.8 Å². The molecular weight excluding hydrogens is 274 g/mol. The summed E-state index contributed by atoms with van der Waals surface area (Å²) in [6.45, 7) is 4.65. The third-order valence-corrected chi connectivity index (χ3v) is 4.72. The van der Waals surface area contributed by atoms with Crippen LogP contribution in [0.25, 0.3) is 0 Å². The Morgan fingerprint density at radius 1 is 1.30 bits per heavy atom. The van der Waals surface area contributed by atoms with E-state index in [9.17, 15) is 9.59 Å². The molecule has 2 N–H and O–H groups in total. The minimum atomic E-state index is -0.783. The molecule has 1 aliphatic rings. The van der Waals surface area contributed by atoms with Crippen molar-refractivity contribution in [2.24, 2.45) is 17.8 Å². The maximum Gasteiger partial charge on any atom is 0.303 e. The van der Waals surface area contributed by atoms with Crippen molar-refractivity contribution >= 4 is 23.6 Å². The maximum atomic E-state index is 11.9. The van der Waals surface area contributed by atoms with Crippen molar-refractivity contribution in [3.05, 3.63) is 0 Å². The zero-order valence-corrected chi connectivity index (χ0v) is 13.4. The summed E-state index contributed by atoms with van der Waals surface area (Å²) in [5, 5.41) is 11.8. The minimum absolute atomic E-state index is 0.0401. The minimum Gasteiger partial charge on any atom is -0.481 e. The Morgan fingerprint density at radius 2 is 1.95 bits per heavy atom. The van der Waals surface area contributed by atoms with Gasteiger partial charge in [0.25, 0.3) is 0 Å². The van der Waals surface area contributed by atoms with E-state index >= 15 is 0 Å². The van der Waals surface area contributed by atoms with E-state index in [2.05, 4.69) is 19.2 Å². The van der Waals surface area contributed by atoms with Crippen molar-refractivity contribution in [3.8, 4) is 0 Å². The van der Waals surface area contributed by atoms with Crippen molar-refractivity contribution in [2.45, 2.75) is 46.0 Å². The first-order valence-corrected chi connectivity index (χ1v) is 8.69. The zero-order chi connectivity index (χ0) is 15.0. The quantitative estimate of drug-likeness (QED) is 0.723. The lowest BCUT2D eigenvalue weighted by Crippen LogP contribution is -2.32. The van der Waals surface area contributed by atoms with E-state index in [1.165, 1.54) is 0 Å². The first-order chi connectivity index (χ1) is 9.47. The van der Waals surface area contributed by atoms with Crippen LogP contribution in [0, 0.1) is 17.8 Å². The lowest BCUT2D eigenvalue weighted by molar-refractivity contribution is -0.138. The molecule has 0 spiro atoms. The molecule has 0 aromatic heterocycles. The number of nitrogens with one attached hydrogen (secondary N) is 1. The van der Waals surface area contributed by atoms with Gasteiger partial charge in [0.1, 0.15) is 0 Å². The molecule has 1 fully saturated rings. The van der Waals surface area contributed by atoms with Crippen LogP contribution in [0.15, 0.2) is 0 Å². The normalized spacial score (nSPS) is 17.9. The molecule has 0 aromatic carbocycles. The Bertz CT molecular complexity index is 314. The Hall–Kier alpha value is -0.710. The topological polar surface area (TPSA) is 66.4 Å². The van der Waals surface area contributed by atoms with Gasteiger partial charge in [-0.3, -0.25) is 9.59 Å². The van der Waals surface area contributed by atoms with Crippen molar-refractivity contribution in [2.75, 3.05) is 18.1 Å². The van der Waals surface area contributed by atoms with E-state index in [4.69, 9.17) is 5.11 Å². The molecule has 0 aliphatic carbocycles. The van der Waals surface area contributed by atoms with Crippen molar-refractivity contribution < 1.29 is 14.7 Å². The number of carboxylic acids is 1. The van der Waals surface area contributed by atoms with E-state index in [0.717, 1.165) is 30.8 Å². The molecule has 1 atom stereocenters. The maximum absolute atomic E-state index is 11.9. The van der Waals surface area contributed by atoms with Crippen LogP contribution >= 0.6 is 11.8 Å². The van der Waals surface area contributed by atoms with Crippen LogP contribution in [0.2, 0.25) is 0 Å². The number of hydrogen-bond donors (Lipinski definition) is 2. The summed E-state index contributed by atoms with van der Waals surface area (Å²) < 4.78 is 0. The molecule has 5 heteroatoms. The first-order valence-electron chi connectivity index (χ1n) is 7.53. The Labute approximate surface area is 126 Å². The van der Waals surface area contributed by atoms with Crippen LogP contribution in [0.5, 0.6) is 0 Å². The van der Waals surface area contributed by atoms with Crippen LogP contribution in [0.3, 0.4) is 0 Å². The van der Waals surface area contributed by atoms with Crippen molar-refractivity contribution in [1.29, 1.82) is 0 Å². The van der Waals surface area contributed by atoms with E-state index in [-0.39, 0.29) is 18.2 Å². The highest BCUT2D eigenvalue weighted by Gasteiger charge is 2.19. The van der Waals surface area contributed by atoms with E-state index in [0.29, 0.717) is 24.8 Å². The molecule has 0 aromatic rings. The average molecular weight is 301 g/mol. The number of carbonyl (C=O) groups excluding carboxylic acids is 1. The third-order valence-electron chi connectivity index (χ3n) is 3.67. The summed E-state index contributed by atoms with van der Waals surface area (Å²) in [4.78, 5) is 22.8. The number of rotatable bonds is 8. The molecule has 1 heterocycles. The Kier molecular flexibility index (Phi) is 8.04. The molecule has 1 saturated heterocycles. The van der Waals surface area contributed by atoms with Gasteiger partial charge in [-0.25, -0.2) is 0 Å². The number of amides is 1. The van der Waals surface area contributed by atoms with Gasteiger partial charge < -0.3 is 10.4 Å². The van der Waals surface area contributed by atoms with Gasteiger partial charge in [-0.05, 0) is 48.5 Å². The molecule has 1 rings (SSSR count). The lowest BCUT2D eigenvalue weighted by Gasteiger charge is -2.22. The summed E-state index contributed by atoms with van der Waals surface area (Å²) in [5.74, 6) is 2.62. The Morgan fingerprint density at radius 3 is 2.50 bits per heavy atom. The zero-order valence-electron chi connectivity index (χ0n) is 12.6. The molecule has 0 bridgehead atoms. The van der Waals surface area contributed by atoms with Gasteiger partial charge >= 0.3 is 5.97 Å². The van der Waals surface area contributed by atoms with Gasteiger partial charge in [0, 0.05) is 19.4 Å². The lowest BCUT2D eigenvalue weighted by atomic mass is 9.93. The van der Waals surface area contributed by atoms with Gasteiger partial charge in [0.05, 0.1) is 0 Å². The second kappa shape index (κ2) is 9.27. The van der Waals surface area contributed by atoms with Gasteiger partial charge in [-0.1, -0.05) is 13.8 Å². The smallest absolute Gasteiger partial charge is 0.303 e. The predicted molar refractivity (Wildman–Crippen MR) is 82.9 cm³/mol. The summed E-state index contributed by atoms with van der Waals surface area (Å²) in [5.41, 5.74) is 0. The summed E-state index contributed by atoms with van der Waals surface area (Å²) in [6, 6.07) is 0. The highest BCUT2D eigenvalue weighted by atomic mass is 32.2. The van der Waals surface area contributed by atoms with E-state index in [1.54, 1.807) is 0 Å². The molecule has 0 radical (unpaired) electrons. The predicted octanol–water partition coefficient (Wildman–Crippen LogP) is 2.77. The number of carboxylic acid groups (broad SMARTS) is 1. The molecule has 1 aliphatic heterocycles. The second-order valence-electron chi connectivity index (χ2n) is 6.16. The third kappa shape index (κ3) is 7.78. The van der Waals surface area contributed by atoms with Crippen LogP contribution in [-0.2, 0) is 9.59 Å². The number of aliphatic carboxylic acids is 1. The van der Waals surface area contributed by atoms with Crippen LogP contribution in [0.1, 0.15) is 46.0 Å². The van der Waals surface area contributed by atoms with Crippen LogP contribution in [0.4, 0.5) is 0 Å². The van der Waals surface area contributed by atoms with E-state index in [1.807, 2.05) is 11.8 Å². The van der Waals surface area contributed by atoms with Crippen LogP contribution in [-0.4, -0.2) is 35.0 Å². The average Bonchev–Trinajstić information content (AvgIpc) is 2.36. The fraction of sp³-hybridized carbons (Fsp3) is 0.867. The fourth-order valence-corrected chi connectivity index (χ4v) is 3.90. The molecule has 1 amide bonds. The van der Waals surface area contributed by atoms with Gasteiger partial charge in [0.2, 0.25) is 5.91 Å². The largest absolute Gasteiger partial charge is 0.481 e. The second-order valence-corrected chi connectivity index (χ2v) is 7.38. The molecule has 20 heavy (non-hydrogen) atoms. The van der Waals surface area contributed by atoms with Crippen LogP contribution < -0.4 is 5.32 Å². The van der Waals surface area contributed by atoms with Gasteiger partial charge in [-0.15, -0.1) is 0 Å². The highest BCUT2D eigenvalue weighted by Crippen LogP contribution is 2.25. The summed E-state index contributed by atoms with van der Waals surface area (Å²) in [7, 11) is 0. The first kappa shape index (κ1) is 17.3. The fourth-order valence-electron chi connectivity index (χ4n) is 2.70. The van der Waals surface area contributed by atoms with Gasteiger partial charge in [0.15, 0.2) is 0 Å². The standard InChI is InChI=1S/C15H27NO3S/c1-11(2)7-13(9-15(18)19)10-16-14(17)8-12-3-5-20-6-4-12/h11-13H,3-10H2,1-2H3,(H,16,17)(H,18,19). The summed E-state index contributed by atoms with van der Waals surface area (Å²) >= 11 is 1.96. The summed E-state index contributed by atoms with van der Waals surface area (Å²) in [6.07, 6.45) is 3.83. The number of thioether (sulfide) groups is 1.